The minimum absolute atomic E-state index is 0.0668. The normalized spacial score (nSPS) is 18.1. The van der Waals surface area contributed by atoms with E-state index in [1.165, 1.54) is 123 Å². The second-order valence-corrected chi connectivity index (χ2v) is 25.0. The van der Waals surface area contributed by atoms with Crippen LogP contribution in [-0.4, -0.2) is 16.7 Å². The summed E-state index contributed by atoms with van der Waals surface area (Å²) in [5.41, 5.74) is 30.7. The second-order valence-electron chi connectivity index (χ2n) is 25.0. The van der Waals surface area contributed by atoms with Gasteiger partial charge in [0.2, 0.25) is 0 Å². The Balaban J connectivity index is 1.04. The molecular formula is C76H64BN5. The first kappa shape index (κ1) is 48.8. The first-order chi connectivity index (χ1) is 40.0. The van der Waals surface area contributed by atoms with Crippen LogP contribution in [0.1, 0.15) is 80.8 Å². The Kier molecular flexibility index (Phi) is 10.8. The van der Waals surface area contributed by atoms with Gasteiger partial charge in [0.1, 0.15) is 0 Å². The Bertz CT molecular complexity index is 4340. The van der Waals surface area contributed by atoms with Crippen molar-refractivity contribution in [2.24, 2.45) is 0 Å². The average Bonchev–Trinajstić information content (AvgIpc) is 1.82. The summed E-state index contributed by atoms with van der Waals surface area (Å²) in [4.78, 5) is 16.0. The van der Waals surface area contributed by atoms with Crippen LogP contribution in [-0.2, 0) is 35.6 Å². The maximum absolute atomic E-state index is 4.49. The van der Waals surface area contributed by atoms with Gasteiger partial charge in [-0.15, -0.1) is 0 Å². The molecule has 2 atom stereocenters. The van der Waals surface area contributed by atoms with Gasteiger partial charge in [0.15, 0.2) is 0 Å². The topological polar surface area (TPSA) is 38.4 Å². The van der Waals surface area contributed by atoms with E-state index >= 15 is 0 Å². The number of nitrogens with one attached hydrogen (secondary N) is 1. The first-order valence-corrected chi connectivity index (χ1v) is 29.5. The Morgan fingerprint density at radius 2 is 1.07 bits per heavy atom. The third kappa shape index (κ3) is 7.22. The molecule has 10 aromatic carbocycles. The van der Waals surface area contributed by atoms with Crippen LogP contribution >= 0.6 is 0 Å². The van der Waals surface area contributed by atoms with Crippen molar-refractivity contribution in [1.82, 2.24) is 9.97 Å². The van der Waals surface area contributed by atoms with Crippen molar-refractivity contribution >= 4 is 68.6 Å². The molecule has 0 fully saturated rings. The van der Waals surface area contributed by atoms with Crippen molar-refractivity contribution in [1.29, 1.82) is 0 Å². The lowest BCUT2D eigenvalue weighted by Crippen LogP contribution is -2.61. The standard InChI is InChI=1S/C76H64BN5/c1-74(2,3)58-32-37-67(61(44-58)52-22-13-8-14-23-52)81-70-43-55-26-17-25-54(55)41-65(70)77-64-42-56(50-20-11-7-12-21-50)30-36-69(64)80(59-33-28-51(29-34-59)49-18-9-6-10-19-49)71-45-60(46-72(81)73(71)77)82-68-35-31-57(66-47-78-48-79-66)40-63(68)75(4)39-38-53-24-15-16-27-62(53)76(75,82)5/h6-16,18-24,27-37,40-48H,17,25-26,38-39H2,1-5H3,(H,78,79). The van der Waals surface area contributed by atoms with Crippen LogP contribution < -0.4 is 31.1 Å². The summed E-state index contributed by atoms with van der Waals surface area (Å²) in [5.74, 6) is 0. The SMILES string of the molecule is CC(C)(C)c1ccc(N2c3cc4c(cc3B3c5cc(-c6ccccc6)ccc5N(c5ccc(-c6ccccc6)cc5)c5cc(N6c7ccc(-c8cnc[nH]8)cc7C7(C)CCc8ccccc8C67C)cc2c53)CCC4)c(-c2ccccc2)c1. The molecule has 0 spiro atoms. The molecule has 396 valence electrons. The van der Waals surface area contributed by atoms with Gasteiger partial charge < -0.3 is 19.7 Å². The molecule has 2 aliphatic carbocycles. The predicted octanol–water partition coefficient (Wildman–Crippen LogP) is 17.2. The molecule has 3 aliphatic heterocycles. The summed E-state index contributed by atoms with van der Waals surface area (Å²) in [6.45, 7) is 12.0. The number of nitrogens with zero attached hydrogens (tertiary/aromatic N) is 4. The quantitative estimate of drug-likeness (QED) is 0.161. The molecule has 5 aliphatic rings. The van der Waals surface area contributed by atoms with E-state index in [-0.39, 0.29) is 17.5 Å². The highest BCUT2D eigenvalue weighted by Crippen LogP contribution is 2.65. The molecule has 0 radical (unpaired) electrons. The molecule has 6 heteroatoms. The largest absolute Gasteiger partial charge is 0.345 e. The summed E-state index contributed by atoms with van der Waals surface area (Å²) in [7, 11) is 0. The molecule has 0 amide bonds. The van der Waals surface area contributed by atoms with Gasteiger partial charge in [-0.3, -0.25) is 0 Å². The molecule has 2 unspecified atom stereocenters. The maximum atomic E-state index is 4.49. The fourth-order valence-electron chi connectivity index (χ4n) is 15.3. The van der Waals surface area contributed by atoms with Crippen LogP contribution in [0.25, 0.3) is 44.6 Å². The highest BCUT2D eigenvalue weighted by molar-refractivity contribution is 7.00. The van der Waals surface area contributed by atoms with Crippen molar-refractivity contribution in [3.8, 4) is 44.6 Å². The number of benzene rings is 10. The second kappa shape index (κ2) is 18.2. The molecule has 0 saturated heterocycles. The monoisotopic (exact) mass is 1060 g/mol. The zero-order valence-electron chi connectivity index (χ0n) is 47.3. The molecule has 0 saturated carbocycles. The molecule has 4 heterocycles. The molecule has 1 N–H and O–H groups in total. The Labute approximate surface area is 482 Å². The first-order valence-electron chi connectivity index (χ1n) is 29.5. The van der Waals surface area contributed by atoms with Gasteiger partial charge in [-0.25, -0.2) is 4.98 Å². The zero-order valence-corrected chi connectivity index (χ0v) is 47.3. The number of hydrogen-bond donors (Lipinski definition) is 1. The number of aromatic amines is 1. The number of fused-ring (bicyclic) bond motifs is 10. The van der Waals surface area contributed by atoms with Gasteiger partial charge in [0.25, 0.3) is 6.71 Å². The minimum atomic E-state index is -0.474. The van der Waals surface area contributed by atoms with E-state index in [0.29, 0.717) is 0 Å². The van der Waals surface area contributed by atoms with Crippen molar-refractivity contribution in [3.63, 3.8) is 0 Å². The zero-order chi connectivity index (χ0) is 55.1. The molecule has 5 nitrogen and oxygen atoms in total. The molecule has 16 rings (SSSR count). The number of rotatable bonds is 7. The number of aromatic nitrogens is 2. The summed E-state index contributed by atoms with van der Waals surface area (Å²) in [6.07, 6.45) is 9.11. The van der Waals surface area contributed by atoms with E-state index in [1.807, 2.05) is 6.20 Å². The van der Waals surface area contributed by atoms with Crippen LogP contribution in [0.4, 0.5) is 45.5 Å². The van der Waals surface area contributed by atoms with Gasteiger partial charge in [-0.05, 0) is 188 Å². The lowest BCUT2D eigenvalue weighted by Gasteiger charge is -2.52. The van der Waals surface area contributed by atoms with Gasteiger partial charge >= 0.3 is 0 Å². The van der Waals surface area contributed by atoms with Crippen molar-refractivity contribution < 1.29 is 0 Å². The highest BCUT2D eigenvalue weighted by Gasteiger charge is 2.60. The van der Waals surface area contributed by atoms with E-state index < -0.39 is 5.54 Å². The minimum Gasteiger partial charge on any atom is -0.345 e. The van der Waals surface area contributed by atoms with Crippen LogP contribution in [0.5, 0.6) is 0 Å². The number of H-pyrrole nitrogens is 1. The van der Waals surface area contributed by atoms with Crippen LogP contribution in [0.2, 0.25) is 0 Å². The Hall–Kier alpha value is -9.13. The number of hydrogen-bond acceptors (Lipinski definition) is 4. The lowest BCUT2D eigenvalue weighted by molar-refractivity contribution is 0.245. The van der Waals surface area contributed by atoms with Gasteiger partial charge in [-0.1, -0.05) is 185 Å². The van der Waals surface area contributed by atoms with Crippen LogP contribution in [0.3, 0.4) is 0 Å². The molecular weight excluding hydrogens is 994 g/mol. The lowest BCUT2D eigenvalue weighted by atomic mass is 9.33. The van der Waals surface area contributed by atoms with Gasteiger partial charge in [0.05, 0.1) is 29.4 Å². The Morgan fingerprint density at radius 3 is 1.79 bits per heavy atom. The number of anilines is 8. The van der Waals surface area contributed by atoms with Crippen molar-refractivity contribution in [3.05, 3.63) is 264 Å². The smallest absolute Gasteiger partial charge is 0.252 e. The van der Waals surface area contributed by atoms with Crippen molar-refractivity contribution in [2.75, 3.05) is 14.7 Å². The summed E-state index contributed by atoms with van der Waals surface area (Å²) in [5, 5.41) is 0. The van der Waals surface area contributed by atoms with E-state index in [1.54, 1.807) is 6.33 Å². The third-order valence-corrected chi connectivity index (χ3v) is 19.6. The predicted molar refractivity (Wildman–Crippen MR) is 343 cm³/mol. The van der Waals surface area contributed by atoms with Gasteiger partial charge in [0, 0.05) is 50.8 Å². The molecule has 82 heavy (non-hydrogen) atoms. The number of imidazole rings is 1. The molecule has 0 bridgehead atoms. The third-order valence-electron chi connectivity index (χ3n) is 19.6. The molecule has 11 aromatic rings. The maximum Gasteiger partial charge on any atom is 0.252 e. The van der Waals surface area contributed by atoms with Crippen LogP contribution in [0.15, 0.2) is 231 Å². The van der Waals surface area contributed by atoms with Crippen molar-refractivity contribution in [2.45, 2.75) is 83.1 Å². The highest BCUT2D eigenvalue weighted by atomic mass is 15.3. The summed E-state index contributed by atoms with van der Waals surface area (Å²) >= 11 is 0. The number of aryl methyl sites for hydroxylation is 3. The summed E-state index contributed by atoms with van der Waals surface area (Å²) < 4.78 is 0. The van der Waals surface area contributed by atoms with E-state index in [0.717, 1.165) is 49.0 Å². The fraction of sp³-hybridized carbons (Fsp3) is 0.171. The average molecular weight is 1060 g/mol. The van der Waals surface area contributed by atoms with Gasteiger partial charge in [-0.2, -0.15) is 0 Å². The van der Waals surface area contributed by atoms with E-state index in [4.69, 9.17) is 0 Å². The summed E-state index contributed by atoms with van der Waals surface area (Å²) in [6, 6.07) is 83.8. The molecule has 1 aromatic heterocycles. The Morgan fingerprint density at radius 1 is 0.463 bits per heavy atom. The van der Waals surface area contributed by atoms with E-state index in [2.05, 4.69) is 278 Å². The van der Waals surface area contributed by atoms with E-state index in [9.17, 15) is 0 Å². The van der Waals surface area contributed by atoms with Crippen LogP contribution in [0, 0.1) is 0 Å². The fourth-order valence-corrected chi connectivity index (χ4v) is 15.3.